The third-order valence-electron chi connectivity index (χ3n) is 5.39. The Morgan fingerprint density at radius 2 is 1.73 bits per heavy atom. The van der Waals surface area contributed by atoms with Gasteiger partial charge in [0.05, 0.1) is 13.2 Å². The molecule has 178 valence electrons. The quantitative estimate of drug-likeness (QED) is 0.717. The predicted molar refractivity (Wildman–Crippen MR) is 111 cm³/mol. The smallest absolute Gasteiger partial charge is 0.475 e. The molecule has 1 amide bonds. The molecule has 0 aromatic carbocycles. The number of rotatable bonds is 2. The molecule has 0 bridgehead atoms. The minimum absolute atomic E-state index is 0.0678. The number of carboxylic acids is 1. The van der Waals surface area contributed by atoms with Crippen LogP contribution in [-0.4, -0.2) is 82.4 Å². The molecule has 4 heterocycles. The Labute approximate surface area is 188 Å². The van der Waals surface area contributed by atoms with E-state index in [0.29, 0.717) is 25.3 Å². The predicted octanol–water partition coefficient (Wildman–Crippen LogP) is 2.26. The van der Waals surface area contributed by atoms with Crippen LogP contribution in [0.15, 0.2) is 43.0 Å². The molecule has 0 aliphatic carbocycles. The van der Waals surface area contributed by atoms with E-state index in [0.717, 1.165) is 38.4 Å². The van der Waals surface area contributed by atoms with E-state index < -0.39 is 12.1 Å². The highest BCUT2D eigenvalue weighted by molar-refractivity contribution is 5.94. The Morgan fingerprint density at radius 1 is 1.06 bits per heavy atom. The molecular weight excluding hydrogens is 443 g/mol. The van der Waals surface area contributed by atoms with Crippen molar-refractivity contribution in [1.29, 1.82) is 0 Å². The van der Waals surface area contributed by atoms with Crippen LogP contribution < -0.4 is 4.90 Å². The number of alkyl halides is 3. The highest BCUT2D eigenvalue weighted by Crippen LogP contribution is 2.34. The number of aromatic nitrogens is 3. The number of carbonyl (C=O) groups is 2. The van der Waals surface area contributed by atoms with Gasteiger partial charge in [-0.15, -0.1) is 0 Å². The topological polar surface area (TPSA) is 109 Å². The summed E-state index contributed by atoms with van der Waals surface area (Å²) in [5.74, 6) is -1.96. The molecule has 2 aliphatic heterocycles. The molecule has 2 fully saturated rings. The highest BCUT2D eigenvalue weighted by atomic mass is 19.4. The molecular formula is C21H24F3N5O4. The van der Waals surface area contributed by atoms with E-state index in [4.69, 9.17) is 14.6 Å². The van der Waals surface area contributed by atoms with Crippen molar-refractivity contribution >= 4 is 17.8 Å². The number of hydrogen-bond acceptors (Lipinski definition) is 7. The number of pyridine rings is 1. The van der Waals surface area contributed by atoms with Crippen molar-refractivity contribution in [3.05, 3.63) is 48.5 Å². The lowest BCUT2D eigenvalue weighted by Crippen LogP contribution is -2.52. The molecule has 1 unspecified atom stereocenters. The number of amides is 1. The Kier molecular flexibility index (Phi) is 7.79. The molecule has 0 saturated carbocycles. The molecule has 9 nitrogen and oxygen atoms in total. The third kappa shape index (κ3) is 6.60. The number of ether oxygens (including phenoxy) is 1. The number of carboxylic acid groups (broad SMARTS) is 1. The van der Waals surface area contributed by atoms with E-state index in [2.05, 4.69) is 19.9 Å². The van der Waals surface area contributed by atoms with Crippen LogP contribution in [0.1, 0.15) is 23.2 Å². The summed E-state index contributed by atoms with van der Waals surface area (Å²) in [5.41, 5.74) is 0.603. The lowest BCUT2D eigenvalue weighted by molar-refractivity contribution is -0.192. The van der Waals surface area contributed by atoms with Gasteiger partial charge in [0.25, 0.3) is 5.91 Å². The fourth-order valence-electron chi connectivity index (χ4n) is 3.92. The maximum atomic E-state index is 12.9. The van der Waals surface area contributed by atoms with Crippen molar-refractivity contribution in [3.8, 4) is 0 Å². The fourth-order valence-corrected chi connectivity index (χ4v) is 3.92. The van der Waals surface area contributed by atoms with Crippen molar-refractivity contribution in [2.24, 2.45) is 5.41 Å². The summed E-state index contributed by atoms with van der Waals surface area (Å²) in [4.78, 5) is 38.7. The van der Waals surface area contributed by atoms with E-state index in [1.807, 2.05) is 11.0 Å². The molecule has 33 heavy (non-hydrogen) atoms. The average molecular weight is 467 g/mol. The zero-order chi connectivity index (χ0) is 23.9. The second-order valence-corrected chi connectivity index (χ2v) is 7.89. The Morgan fingerprint density at radius 3 is 2.36 bits per heavy atom. The minimum atomic E-state index is -5.08. The number of carbonyl (C=O) groups excluding carboxylic acids is 1. The molecule has 12 heteroatoms. The Balaban J connectivity index is 0.000000383. The first kappa shape index (κ1) is 24.4. The Hall–Kier alpha value is -3.28. The van der Waals surface area contributed by atoms with E-state index in [-0.39, 0.29) is 11.3 Å². The lowest BCUT2D eigenvalue weighted by Gasteiger charge is -2.43. The number of aliphatic carboxylic acids is 1. The fraction of sp³-hybridized carbons (Fsp3) is 0.476. The van der Waals surface area contributed by atoms with Crippen LogP contribution in [-0.2, 0) is 9.53 Å². The van der Waals surface area contributed by atoms with Gasteiger partial charge < -0.3 is 19.6 Å². The van der Waals surface area contributed by atoms with E-state index in [9.17, 15) is 18.0 Å². The molecule has 2 aromatic heterocycles. The molecule has 0 radical (unpaired) electrons. The van der Waals surface area contributed by atoms with Gasteiger partial charge in [-0.1, -0.05) is 0 Å². The zero-order valence-electron chi connectivity index (χ0n) is 17.7. The molecule has 2 aliphatic rings. The van der Waals surface area contributed by atoms with Gasteiger partial charge in [0.1, 0.15) is 0 Å². The summed E-state index contributed by atoms with van der Waals surface area (Å²) in [7, 11) is 0. The number of likely N-dealkylation sites (tertiary alicyclic amines) is 1. The van der Waals surface area contributed by atoms with Crippen LogP contribution in [0.2, 0.25) is 0 Å². The van der Waals surface area contributed by atoms with Gasteiger partial charge in [-0.05, 0) is 31.0 Å². The largest absolute Gasteiger partial charge is 0.490 e. The first-order valence-corrected chi connectivity index (χ1v) is 10.3. The number of anilines is 1. The lowest BCUT2D eigenvalue weighted by atomic mass is 9.80. The first-order valence-electron chi connectivity index (χ1n) is 10.3. The maximum Gasteiger partial charge on any atom is 0.490 e. The molecule has 4 rings (SSSR count). The van der Waals surface area contributed by atoms with Crippen molar-refractivity contribution in [1.82, 2.24) is 19.9 Å². The van der Waals surface area contributed by atoms with Gasteiger partial charge in [0.15, 0.2) is 0 Å². The summed E-state index contributed by atoms with van der Waals surface area (Å²) < 4.78 is 37.7. The molecule has 2 aromatic rings. The average Bonchev–Trinajstić information content (AvgIpc) is 3.02. The van der Waals surface area contributed by atoms with Crippen LogP contribution in [0.5, 0.6) is 0 Å². The van der Waals surface area contributed by atoms with E-state index >= 15 is 0 Å². The maximum absolute atomic E-state index is 12.9. The summed E-state index contributed by atoms with van der Waals surface area (Å²) in [5, 5.41) is 7.12. The van der Waals surface area contributed by atoms with Crippen LogP contribution in [0.4, 0.5) is 19.1 Å². The summed E-state index contributed by atoms with van der Waals surface area (Å²) in [6, 6.07) is 5.37. The summed E-state index contributed by atoms with van der Waals surface area (Å²) >= 11 is 0. The summed E-state index contributed by atoms with van der Waals surface area (Å²) in [6.45, 7) is 4.36. The van der Waals surface area contributed by atoms with Crippen molar-refractivity contribution in [3.63, 3.8) is 0 Å². The second kappa shape index (κ2) is 10.6. The minimum Gasteiger partial charge on any atom is -0.475 e. The normalized spacial score (nSPS) is 21.1. The number of nitrogens with zero attached hydrogens (tertiary/aromatic N) is 5. The van der Waals surface area contributed by atoms with E-state index in [1.54, 1.807) is 36.9 Å². The summed E-state index contributed by atoms with van der Waals surface area (Å²) in [6.07, 6.45) is 3.79. The molecule has 1 atom stereocenters. The van der Waals surface area contributed by atoms with Crippen LogP contribution in [0.3, 0.4) is 0 Å². The number of hydrogen-bond donors (Lipinski definition) is 1. The molecule has 1 spiro atoms. The van der Waals surface area contributed by atoms with Gasteiger partial charge in [0, 0.05) is 61.9 Å². The van der Waals surface area contributed by atoms with Crippen LogP contribution >= 0.6 is 0 Å². The van der Waals surface area contributed by atoms with Gasteiger partial charge in [-0.3, -0.25) is 9.78 Å². The van der Waals surface area contributed by atoms with Gasteiger partial charge in [-0.25, -0.2) is 14.8 Å². The van der Waals surface area contributed by atoms with Crippen molar-refractivity contribution < 1.29 is 32.6 Å². The second-order valence-electron chi connectivity index (χ2n) is 7.89. The zero-order valence-corrected chi connectivity index (χ0v) is 17.7. The molecule has 2 saturated heterocycles. The van der Waals surface area contributed by atoms with Gasteiger partial charge in [0.2, 0.25) is 5.95 Å². The first-order chi connectivity index (χ1) is 15.7. The third-order valence-corrected chi connectivity index (χ3v) is 5.39. The standard InChI is InChI=1S/C19H23N5O2.C2HF3O2/c25-17(16-3-8-20-9-4-16)23-10-1-5-19(13-23)14-24(11-12-26-15-19)18-21-6-2-7-22-18;3-2(4,5)1(6)7/h2-4,6-9H,1,5,10-15H2;(H,6,7). The monoisotopic (exact) mass is 467 g/mol. The van der Waals surface area contributed by atoms with Crippen LogP contribution in [0.25, 0.3) is 0 Å². The SMILES string of the molecule is O=C(O)C(F)(F)F.O=C(c1ccncc1)N1CCCC2(COCCN(c3ncccn3)C2)C1. The van der Waals surface area contributed by atoms with E-state index in [1.165, 1.54) is 0 Å². The van der Waals surface area contributed by atoms with Crippen LogP contribution in [0, 0.1) is 5.41 Å². The number of piperidine rings is 1. The van der Waals surface area contributed by atoms with Gasteiger partial charge >= 0.3 is 12.1 Å². The Bertz CT molecular complexity index is 933. The highest BCUT2D eigenvalue weighted by Gasteiger charge is 2.41. The molecule has 1 N–H and O–H groups in total. The van der Waals surface area contributed by atoms with Crippen molar-refractivity contribution in [2.75, 3.05) is 44.3 Å². The van der Waals surface area contributed by atoms with Crippen molar-refractivity contribution in [2.45, 2.75) is 19.0 Å². The van der Waals surface area contributed by atoms with Gasteiger partial charge in [-0.2, -0.15) is 13.2 Å². The number of halogens is 3.